The summed E-state index contributed by atoms with van der Waals surface area (Å²) in [6, 6.07) is 15.0. The van der Waals surface area contributed by atoms with Gasteiger partial charge in [-0.2, -0.15) is 5.26 Å². The Labute approximate surface area is 195 Å². The molecule has 5 nitrogen and oxygen atoms in total. The molecule has 31 heavy (non-hydrogen) atoms. The van der Waals surface area contributed by atoms with Crippen molar-refractivity contribution in [3.05, 3.63) is 74.2 Å². The van der Waals surface area contributed by atoms with Crippen LogP contribution in [0, 0.1) is 11.3 Å². The minimum absolute atomic E-state index is 0.0278. The largest absolute Gasteiger partial charge is 0.325 e. The Morgan fingerprint density at radius 1 is 1.23 bits per heavy atom. The van der Waals surface area contributed by atoms with Crippen LogP contribution in [0.15, 0.2) is 53.1 Å². The van der Waals surface area contributed by atoms with Crippen molar-refractivity contribution in [2.75, 3.05) is 11.1 Å². The van der Waals surface area contributed by atoms with E-state index in [1.54, 1.807) is 18.2 Å². The highest BCUT2D eigenvalue weighted by Gasteiger charge is 2.30. The van der Waals surface area contributed by atoms with Gasteiger partial charge in [0.2, 0.25) is 11.8 Å². The predicted molar refractivity (Wildman–Crippen MR) is 126 cm³/mol. The van der Waals surface area contributed by atoms with Crippen LogP contribution in [0.4, 0.5) is 5.69 Å². The normalized spacial score (nSPS) is 16.1. The number of nitrogens with one attached hydrogen (secondary N) is 2. The van der Waals surface area contributed by atoms with Crippen molar-refractivity contribution in [2.45, 2.75) is 32.1 Å². The Morgan fingerprint density at radius 2 is 1.94 bits per heavy atom. The van der Waals surface area contributed by atoms with Crippen molar-refractivity contribution >= 4 is 52.5 Å². The molecule has 0 bridgehead atoms. The number of halogens is 2. The number of allylic oxidation sites excluding steroid dienone is 1. The summed E-state index contributed by atoms with van der Waals surface area (Å²) >= 11 is 13.0. The summed E-state index contributed by atoms with van der Waals surface area (Å²) in [5, 5.41) is 16.4. The molecule has 2 amide bonds. The van der Waals surface area contributed by atoms with Crippen LogP contribution >= 0.6 is 35.0 Å². The van der Waals surface area contributed by atoms with Gasteiger partial charge in [-0.3, -0.25) is 9.59 Å². The van der Waals surface area contributed by atoms with E-state index in [-0.39, 0.29) is 29.9 Å². The average Bonchev–Trinajstić information content (AvgIpc) is 2.74. The maximum Gasteiger partial charge on any atom is 0.234 e. The van der Waals surface area contributed by atoms with Crippen molar-refractivity contribution in [3.63, 3.8) is 0 Å². The highest BCUT2D eigenvalue weighted by molar-refractivity contribution is 8.03. The quantitative estimate of drug-likeness (QED) is 0.552. The summed E-state index contributed by atoms with van der Waals surface area (Å²) in [6.45, 7) is 4.23. The van der Waals surface area contributed by atoms with E-state index in [2.05, 4.69) is 30.6 Å². The van der Waals surface area contributed by atoms with Crippen LogP contribution in [-0.4, -0.2) is 17.6 Å². The Bertz CT molecular complexity index is 1080. The lowest BCUT2D eigenvalue weighted by Gasteiger charge is -2.25. The zero-order valence-corrected chi connectivity index (χ0v) is 19.4. The van der Waals surface area contributed by atoms with Crippen molar-refractivity contribution in [2.24, 2.45) is 0 Å². The molecule has 0 saturated heterocycles. The monoisotopic (exact) mass is 473 g/mol. The van der Waals surface area contributed by atoms with Gasteiger partial charge in [-0.05, 0) is 35.2 Å². The maximum atomic E-state index is 12.4. The first kappa shape index (κ1) is 23.2. The number of rotatable bonds is 6. The molecule has 2 N–H and O–H groups in total. The molecule has 0 unspecified atom stereocenters. The van der Waals surface area contributed by atoms with Crippen LogP contribution in [0.5, 0.6) is 0 Å². The van der Waals surface area contributed by atoms with E-state index in [1.807, 2.05) is 24.3 Å². The van der Waals surface area contributed by atoms with Gasteiger partial charge in [0, 0.05) is 18.0 Å². The Morgan fingerprint density at radius 3 is 2.55 bits per heavy atom. The molecule has 0 radical (unpaired) electrons. The number of hydrogen-bond acceptors (Lipinski definition) is 4. The number of amides is 2. The van der Waals surface area contributed by atoms with Crippen LogP contribution in [0.1, 0.15) is 43.2 Å². The molecule has 0 aliphatic carbocycles. The van der Waals surface area contributed by atoms with Crippen LogP contribution in [-0.2, 0) is 9.59 Å². The number of hydrogen-bond donors (Lipinski definition) is 2. The predicted octanol–water partition coefficient (Wildman–Crippen LogP) is 5.83. The van der Waals surface area contributed by atoms with Gasteiger partial charge in [0.15, 0.2) is 0 Å². The molecule has 1 aliphatic rings. The summed E-state index contributed by atoms with van der Waals surface area (Å²) in [5.41, 5.74) is 3.09. The van der Waals surface area contributed by atoms with Crippen LogP contribution in [0.25, 0.3) is 0 Å². The minimum Gasteiger partial charge on any atom is -0.325 e. The van der Waals surface area contributed by atoms with E-state index < -0.39 is 0 Å². The smallest absolute Gasteiger partial charge is 0.234 e. The van der Waals surface area contributed by atoms with Gasteiger partial charge in [0.1, 0.15) is 0 Å². The summed E-state index contributed by atoms with van der Waals surface area (Å²) < 4.78 is 0. The number of carbonyl (C=O) groups is 2. The fourth-order valence-corrected chi connectivity index (χ4v) is 4.41. The lowest BCUT2D eigenvalue weighted by Crippen LogP contribution is -2.31. The maximum absolute atomic E-state index is 12.4. The molecule has 160 valence electrons. The highest BCUT2D eigenvalue weighted by atomic mass is 35.5. The SMILES string of the molecule is CC(C)c1ccc([C@H]2CC(=O)NC(SCC(=O)Nc3ccc(Cl)c(Cl)c3)=C2C#N)cc1. The highest BCUT2D eigenvalue weighted by Crippen LogP contribution is 2.36. The van der Waals surface area contributed by atoms with Gasteiger partial charge in [-0.1, -0.05) is 73.1 Å². The first-order chi connectivity index (χ1) is 14.8. The molecular weight excluding hydrogens is 453 g/mol. The fraction of sp³-hybridized carbons (Fsp3) is 0.261. The summed E-state index contributed by atoms with van der Waals surface area (Å²) in [6.07, 6.45) is 0.198. The zero-order valence-electron chi connectivity index (χ0n) is 17.0. The van der Waals surface area contributed by atoms with Gasteiger partial charge in [-0.25, -0.2) is 0 Å². The van der Waals surface area contributed by atoms with E-state index in [1.165, 1.54) is 5.56 Å². The Hall–Kier alpha value is -2.46. The number of anilines is 1. The van der Waals surface area contributed by atoms with Crippen molar-refractivity contribution in [1.29, 1.82) is 5.26 Å². The van der Waals surface area contributed by atoms with E-state index in [9.17, 15) is 14.9 Å². The molecule has 0 spiro atoms. The summed E-state index contributed by atoms with van der Waals surface area (Å²) in [5.74, 6) is -0.370. The first-order valence-electron chi connectivity index (χ1n) is 9.70. The second-order valence-electron chi connectivity index (χ2n) is 7.45. The van der Waals surface area contributed by atoms with E-state index in [0.717, 1.165) is 17.3 Å². The van der Waals surface area contributed by atoms with Crippen LogP contribution in [0.3, 0.4) is 0 Å². The first-order valence-corrected chi connectivity index (χ1v) is 11.4. The lowest BCUT2D eigenvalue weighted by molar-refractivity contribution is -0.121. The van der Waals surface area contributed by atoms with Gasteiger partial charge >= 0.3 is 0 Å². The fourth-order valence-electron chi connectivity index (χ4n) is 3.24. The molecule has 0 fully saturated rings. The van der Waals surface area contributed by atoms with Crippen molar-refractivity contribution in [1.82, 2.24) is 5.32 Å². The molecule has 1 aliphatic heterocycles. The van der Waals surface area contributed by atoms with Gasteiger partial charge < -0.3 is 10.6 Å². The zero-order chi connectivity index (χ0) is 22.5. The molecule has 3 rings (SSSR count). The van der Waals surface area contributed by atoms with Crippen LogP contribution in [0.2, 0.25) is 10.0 Å². The molecule has 0 saturated carbocycles. The van der Waals surface area contributed by atoms with Crippen molar-refractivity contribution < 1.29 is 9.59 Å². The summed E-state index contributed by atoms with van der Waals surface area (Å²) in [4.78, 5) is 24.7. The third-order valence-electron chi connectivity index (χ3n) is 4.91. The topological polar surface area (TPSA) is 82.0 Å². The Balaban J connectivity index is 1.74. The minimum atomic E-state index is -0.333. The van der Waals surface area contributed by atoms with E-state index in [4.69, 9.17) is 23.2 Å². The molecule has 2 aromatic rings. The van der Waals surface area contributed by atoms with Crippen LogP contribution < -0.4 is 10.6 Å². The molecule has 1 atom stereocenters. The summed E-state index contributed by atoms with van der Waals surface area (Å²) in [7, 11) is 0. The third-order valence-corrected chi connectivity index (χ3v) is 6.67. The number of nitriles is 1. The molecule has 1 heterocycles. The molecule has 2 aromatic carbocycles. The van der Waals surface area contributed by atoms with Crippen molar-refractivity contribution in [3.8, 4) is 6.07 Å². The molecular formula is C23H21Cl2N3O2S. The second-order valence-corrected chi connectivity index (χ2v) is 9.25. The van der Waals surface area contributed by atoms with E-state index in [0.29, 0.717) is 32.3 Å². The standard InChI is InChI=1S/C23H21Cl2N3O2S/c1-13(2)14-3-5-15(6-4-14)17-10-21(29)28-23(18(17)11-26)31-12-22(30)27-16-7-8-19(24)20(25)9-16/h3-9,13,17H,10,12H2,1-2H3,(H,27,30)(H,28,29)/t17-/m1/s1. The third kappa shape index (κ3) is 5.82. The molecule has 8 heteroatoms. The Kier molecular flexibility index (Phi) is 7.66. The second kappa shape index (κ2) is 10.2. The number of thioether (sulfide) groups is 1. The van der Waals surface area contributed by atoms with Gasteiger partial charge in [0.25, 0.3) is 0 Å². The number of carbonyl (C=O) groups excluding carboxylic acids is 2. The van der Waals surface area contributed by atoms with E-state index >= 15 is 0 Å². The number of benzene rings is 2. The lowest BCUT2D eigenvalue weighted by atomic mass is 9.86. The van der Waals surface area contributed by atoms with Gasteiger partial charge in [-0.15, -0.1) is 0 Å². The van der Waals surface area contributed by atoms with Gasteiger partial charge in [0.05, 0.1) is 32.5 Å². The molecule has 0 aromatic heterocycles. The number of nitrogens with zero attached hydrogens (tertiary/aromatic N) is 1. The average molecular weight is 474 g/mol.